The van der Waals surface area contributed by atoms with Gasteiger partial charge in [0.25, 0.3) is 5.91 Å². The molecule has 1 amide bonds. The zero-order chi connectivity index (χ0) is 15.4. The molecule has 3 nitrogen and oxygen atoms in total. The number of hydrogen-bond donors (Lipinski definition) is 1. The summed E-state index contributed by atoms with van der Waals surface area (Å²) < 4.78 is 29.8. The molecule has 2 aromatic rings. The van der Waals surface area contributed by atoms with E-state index in [1.807, 2.05) is 0 Å². The van der Waals surface area contributed by atoms with Gasteiger partial charge in [-0.3, -0.25) is 4.79 Å². The summed E-state index contributed by atoms with van der Waals surface area (Å²) in [6.07, 6.45) is 0. The molecule has 2 aromatic carbocycles. The summed E-state index contributed by atoms with van der Waals surface area (Å²) in [6, 6.07) is 10.9. The number of carbonyl (C=O) groups excluding carboxylic acids is 1. The highest BCUT2D eigenvalue weighted by Crippen LogP contribution is 2.23. The van der Waals surface area contributed by atoms with E-state index in [0.717, 1.165) is 4.47 Å². The van der Waals surface area contributed by atoms with E-state index in [1.54, 1.807) is 18.2 Å². The van der Waals surface area contributed by atoms with Crippen molar-refractivity contribution in [1.29, 1.82) is 0 Å². The van der Waals surface area contributed by atoms with Gasteiger partial charge in [0.05, 0.1) is 5.56 Å². The molecule has 21 heavy (non-hydrogen) atoms. The summed E-state index contributed by atoms with van der Waals surface area (Å²) >= 11 is 6.61. The zero-order valence-electron chi connectivity index (χ0n) is 10.4. The molecule has 7 heteroatoms. The molecule has 0 aliphatic rings. The first-order valence-corrected chi connectivity index (χ1v) is 7.35. The molecule has 0 aliphatic heterocycles. The highest BCUT2D eigenvalue weighted by Gasteiger charge is 2.11. The molecular weight excluding hydrogens is 412 g/mol. The first kappa shape index (κ1) is 15.9. The first-order chi connectivity index (χ1) is 9.95. The van der Waals surface area contributed by atoms with Crippen LogP contribution in [0.2, 0.25) is 0 Å². The molecule has 1 N–H and O–H groups in total. The van der Waals surface area contributed by atoms with Crippen LogP contribution in [0.4, 0.5) is 14.5 Å². The van der Waals surface area contributed by atoms with Crippen LogP contribution in [0.3, 0.4) is 0 Å². The molecule has 0 aromatic heterocycles. The van der Waals surface area contributed by atoms with Gasteiger partial charge < -0.3 is 10.1 Å². The topological polar surface area (TPSA) is 38.3 Å². The number of anilines is 1. The molecule has 0 radical (unpaired) electrons. The van der Waals surface area contributed by atoms with Crippen molar-refractivity contribution in [2.24, 2.45) is 0 Å². The van der Waals surface area contributed by atoms with Crippen LogP contribution in [0.15, 0.2) is 51.4 Å². The van der Waals surface area contributed by atoms with Gasteiger partial charge in [0.15, 0.2) is 0 Å². The van der Waals surface area contributed by atoms with Gasteiger partial charge in [0, 0.05) is 14.6 Å². The van der Waals surface area contributed by atoms with E-state index in [-0.39, 0.29) is 11.7 Å². The van der Waals surface area contributed by atoms with E-state index < -0.39 is 6.61 Å². The average molecular weight is 421 g/mol. The quantitative estimate of drug-likeness (QED) is 0.750. The van der Waals surface area contributed by atoms with E-state index in [0.29, 0.717) is 15.7 Å². The van der Waals surface area contributed by atoms with Crippen molar-refractivity contribution in [2.45, 2.75) is 6.61 Å². The molecule has 110 valence electrons. The van der Waals surface area contributed by atoms with Crippen molar-refractivity contribution in [3.05, 3.63) is 57.0 Å². The average Bonchev–Trinajstić information content (AvgIpc) is 2.40. The fraction of sp³-hybridized carbons (Fsp3) is 0.0714. The number of amides is 1. The minimum atomic E-state index is -2.87. The second-order valence-corrected chi connectivity index (χ2v) is 5.75. The smallest absolute Gasteiger partial charge is 0.387 e. The van der Waals surface area contributed by atoms with E-state index in [2.05, 4.69) is 41.9 Å². The lowest BCUT2D eigenvalue weighted by molar-refractivity contribution is -0.0498. The monoisotopic (exact) mass is 419 g/mol. The van der Waals surface area contributed by atoms with Gasteiger partial charge in [-0.2, -0.15) is 8.78 Å². The molecule has 0 unspecified atom stereocenters. The largest absolute Gasteiger partial charge is 0.435 e. The van der Waals surface area contributed by atoms with Crippen molar-refractivity contribution >= 4 is 43.5 Å². The van der Waals surface area contributed by atoms with Crippen LogP contribution in [-0.4, -0.2) is 12.5 Å². The Kier molecular flexibility index (Phi) is 5.30. The standard InChI is InChI=1S/C14H9Br2F2NO2/c15-8-1-6-11(12(16)7-8)13(20)19-9-2-4-10(5-3-9)21-14(17)18/h1-7,14H,(H,19,20). The Morgan fingerprint density at radius 1 is 1.10 bits per heavy atom. The van der Waals surface area contributed by atoms with Crippen molar-refractivity contribution in [1.82, 2.24) is 0 Å². The van der Waals surface area contributed by atoms with Crippen molar-refractivity contribution in [2.75, 3.05) is 5.32 Å². The molecule has 0 aliphatic carbocycles. The SMILES string of the molecule is O=C(Nc1ccc(OC(F)F)cc1)c1ccc(Br)cc1Br. The van der Waals surface area contributed by atoms with E-state index in [9.17, 15) is 13.6 Å². The van der Waals surface area contributed by atoms with Gasteiger partial charge in [-0.05, 0) is 58.4 Å². The number of ether oxygens (including phenoxy) is 1. The Bertz CT molecular complexity index is 648. The van der Waals surface area contributed by atoms with Crippen molar-refractivity contribution < 1.29 is 18.3 Å². The summed E-state index contributed by atoms with van der Waals surface area (Å²) in [5, 5.41) is 2.67. The third-order valence-electron chi connectivity index (χ3n) is 2.51. The molecule has 0 saturated heterocycles. The fourth-order valence-corrected chi connectivity index (χ4v) is 2.82. The maximum absolute atomic E-state index is 12.1. The van der Waals surface area contributed by atoms with Crippen LogP contribution in [0.5, 0.6) is 5.75 Å². The molecule has 0 atom stereocenters. The summed E-state index contributed by atoms with van der Waals surface area (Å²) in [6.45, 7) is -2.87. The van der Waals surface area contributed by atoms with E-state index in [1.165, 1.54) is 24.3 Å². The van der Waals surface area contributed by atoms with E-state index >= 15 is 0 Å². The second-order valence-electron chi connectivity index (χ2n) is 3.98. The van der Waals surface area contributed by atoms with Gasteiger partial charge in [-0.25, -0.2) is 0 Å². The lowest BCUT2D eigenvalue weighted by Gasteiger charge is -2.09. The Morgan fingerprint density at radius 2 is 1.76 bits per heavy atom. The number of alkyl halides is 2. The normalized spacial score (nSPS) is 10.5. The van der Waals surface area contributed by atoms with Crippen LogP contribution in [-0.2, 0) is 0 Å². The molecule has 2 rings (SSSR count). The fourth-order valence-electron chi connectivity index (χ4n) is 1.59. The van der Waals surface area contributed by atoms with Gasteiger partial charge in [-0.15, -0.1) is 0 Å². The molecule has 0 fully saturated rings. The minimum absolute atomic E-state index is 0.0350. The molecule has 0 saturated carbocycles. The third kappa shape index (κ3) is 4.50. The lowest BCUT2D eigenvalue weighted by atomic mass is 10.2. The molecule has 0 bridgehead atoms. The van der Waals surface area contributed by atoms with Crippen LogP contribution in [0.1, 0.15) is 10.4 Å². The van der Waals surface area contributed by atoms with Gasteiger partial charge in [0.1, 0.15) is 5.75 Å². The molecule has 0 heterocycles. The summed E-state index contributed by atoms with van der Waals surface area (Å²) in [5.74, 6) is -0.273. The Morgan fingerprint density at radius 3 is 2.33 bits per heavy atom. The minimum Gasteiger partial charge on any atom is -0.435 e. The maximum atomic E-state index is 12.1. The number of nitrogens with one attached hydrogen (secondary N) is 1. The van der Waals surface area contributed by atoms with Gasteiger partial charge in [-0.1, -0.05) is 15.9 Å². The van der Waals surface area contributed by atoms with Gasteiger partial charge >= 0.3 is 6.61 Å². The van der Waals surface area contributed by atoms with Crippen LogP contribution in [0.25, 0.3) is 0 Å². The van der Waals surface area contributed by atoms with E-state index in [4.69, 9.17) is 0 Å². The Balaban J connectivity index is 2.08. The second kappa shape index (κ2) is 7.00. The predicted molar refractivity (Wildman–Crippen MR) is 82.9 cm³/mol. The highest BCUT2D eigenvalue weighted by molar-refractivity contribution is 9.11. The Labute approximate surface area is 136 Å². The van der Waals surface area contributed by atoms with Crippen LogP contribution < -0.4 is 10.1 Å². The van der Waals surface area contributed by atoms with Crippen molar-refractivity contribution in [3.63, 3.8) is 0 Å². The van der Waals surface area contributed by atoms with Crippen LogP contribution in [0, 0.1) is 0 Å². The predicted octanol–water partition coefficient (Wildman–Crippen LogP) is 5.07. The van der Waals surface area contributed by atoms with Gasteiger partial charge in [0.2, 0.25) is 0 Å². The third-order valence-corrected chi connectivity index (χ3v) is 3.66. The Hall–Kier alpha value is -1.47. The number of carbonyl (C=O) groups is 1. The molecular formula is C14H9Br2F2NO2. The zero-order valence-corrected chi connectivity index (χ0v) is 13.6. The van der Waals surface area contributed by atoms with Crippen molar-refractivity contribution in [3.8, 4) is 5.75 Å². The first-order valence-electron chi connectivity index (χ1n) is 5.77. The van der Waals surface area contributed by atoms with Crippen LogP contribution >= 0.6 is 31.9 Å². The lowest BCUT2D eigenvalue weighted by Crippen LogP contribution is -2.12. The maximum Gasteiger partial charge on any atom is 0.387 e. The summed E-state index contributed by atoms with van der Waals surface area (Å²) in [5.41, 5.74) is 0.947. The summed E-state index contributed by atoms with van der Waals surface area (Å²) in [4.78, 5) is 12.1. The molecule has 0 spiro atoms. The number of benzene rings is 2. The highest BCUT2D eigenvalue weighted by atomic mass is 79.9. The number of hydrogen-bond acceptors (Lipinski definition) is 2. The number of halogens is 4. The summed E-state index contributed by atoms with van der Waals surface area (Å²) in [7, 11) is 0. The number of rotatable bonds is 4.